The lowest BCUT2D eigenvalue weighted by molar-refractivity contribution is 1.37. The molecule has 0 saturated heterocycles. The van der Waals surface area contributed by atoms with Gasteiger partial charge in [0.25, 0.3) is 0 Å². The maximum absolute atomic E-state index is 2.34. The Morgan fingerprint density at radius 3 is 1.39 bits per heavy atom. The molecule has 0 heteroatoms. The van der Waals surface area contributed by atoms with Crippen molar-refractivity contribution in [3.63, 3.8) is 0 Å². The number of benzene rings is 4. The molecule has 0 aliphatic carbocycles. The van der Waals surface area contributed by atoms with E-state index in [4.69, 9.17) is 0 Å². The zero-order valence-electron chi connectivity index (χ0n) is 17.1. The molecule has 0 bridgehead atoms. The van der Waals surface area contributed by atoms with Crippen molar-refractivity contribution in [1.29, 1.82) is 0 Å². The van der Waals surface area contributed by atoms with Crippen LogP contribution in [0.3, 0.4) is 0 Å². The minimum Gasteiger partial charge on any atom is -0.0622 e. The molecule has 0 spiro atoms. The van der Waals surface area contributed by atoms with E-state index in [1.807, 2.05) is 0 Å². The van der Waals surface area contributed by atoms with E-state index in [1.54, 1.807) is 0 Å². The monoisotopic (exact) mass is 362 g/mol. The van der Waals surface area contributed by atoms with Gasteiger partial charge in [-0.05, 0) is 67.1 Å². The van der Waals surface area contributed by atoms with Crippen LogP contribution >= 0.6 is 0 Å². The molecule has 4 aromatic rings. The lowest BCUT2D eigenvalue weighted by atomic mass is 9.89. The van der Waals surface area contributed by atoms with Crippen LogP contribution in [0.25, 0.3) is 33.4 Å². The van der Waals surface area contributed by atoms with Crippen molar-refractivity contribution in [3.05, 3.63) is 107 Å². The number of rotatable bonds is 3. The Morgan fingerprint density at radius 1 is 0.357 bits per heavy atom. The lowest BCUT2D eigenvalue weighted by Gasteiger charge is -2.15. The van der Waals surface area contributed by atoms with Gasteiger partial charge in [0, 0.05) is 0 Å². The molecule has 28 heavy (non-hydrogen) atoms. The summed E-state index contributed by atoms with van der Waals surface area (Å²) in [4.78, 5) is 0. The van der Waals surface area contributed by atoms with E-state index in [2.05, 4.69) is 113 Å². The van der Waals surface area contributed by atoms with E-state index in [0.717, 1.165) is 0 Å². The molecular weight excluding hydrogens is 336 g/mol. The molecular formula is C28H26. The Bertz CT molecular complexity index is 1090. The molecule has 0 saturated carbocycles. The van der Waals surface area contributed by atoms with Crippen LogP contribution < -0.4 is 0 Å². The van der Waals surface area contributed by atoms with Gasteiger partial charge < -0.3 is 0 Å². The first-order valence-electron chi connectivity index (χ1n) is 9.86. The average Bonchev–Trinajstić information content (AvgIpc) is 2.67. The second kappa shape index (κ2) is 7.48. The Hall–Kier alpha value is -3.12. The summed E-state index contributed by atoms with van der Waals surface area (Å²) in [6.07, 6.45) is 0. The molecule has 0 unspecified atom stereocenters. The van der Waals surface area contributed by atoms with Gasteiger partial charge in [0.05, 0.1) is 0 Å². The van der Waals surface area contributed by atoms with Crippen molar-refractivity contribution in [1.82, 2.24) is 0 Å². The molecule has 138 valence electrons. The van der Waals surface area contributed by atoms with Gasteiger partial charge >= 0.3 is 0 Å². The number of aryl methyl sites for hydroxylation is 4. The predicted octanol–water partition coefficient (Wildman–Crippen LogP) is 7.92. The molecule has 4 aromatic carbocycles. The summed E-state index contributed by atoms with van der Waals surface area (Å²) in [7, 11) is 0. The Labute approximate surface area is 168 Å². The van der Waals surface area contributed by atoms with Gasteiger partial charge in [-0.3, -0.25) is 0 Å². The first-order valence-corrected chi connectivity index (χ1v) is 9.86. The average molecular weight is 363 g/mol. The largest absolute Gasteiger partial charge is 0.0622 e. The second-order valence-corrected chi connectivity index (χ2v) is 7.88. The van der Waals surface area contributed by atoms with Crippen molar-refractivity contribution in [2.45, 2.75) is 27.7 Å². The molecule has 0 fully saturated rings. The van der Waals surface area contributed by atoms with Crippen LogP contribution in [0, 0.1) is 27.7 Å². The Morgan fingerprint density at radius 2 is 0.857 bits per heavy atom. The first kappa shape index (κ1) is 18.3. The van der Waals surface area contributed by atoms with Gasteiger partial charge in [0.15, 0.2) is 0 Å². The molecule has 0 atom stereocenters. The van der Waals surface area contributed by atoms with Gasteiger partial charge in [0.1, 0.15) is 0 Å². The van der Waals surface area contributed by atoms with Crippen molar-refractivity contribution in [3.8, 4) is 33.4 Å². The molecule has 0 aliphatic rings. The third kappa shape index (κ3) is 3.77. The number of hydrogen-bond acceptors (Lipinski definition) is 0. The summed E-state index contributed by atoms with van der Waals surface area (Å²) in [6, 6.07) is 31.1. The van der Waals surface area contributed by atoms with E-state index >= 15 is 0 Å². The van der Waals surface area contributed by atoms with Crippen molar-refractivity contribution in [2.75, 3.05) is 0 Å². The normalized spacial score (nSPS) is 10.9. The van der Waals surface area contributed by atoms with Crippen LogP contribution in [0.1, 0.15) is 22.3 Å². The minimum atomic E-state index is 1.25. The third-order valence-electron chi connectivity index (χ3n) is 5.19. The summed E-state index contributed by atoms with van der Waals surface area (Å²) >= 11 is 0. The van der Waals surface area contributed by atoms with Crippen LogP contribution in [0.4, 0.5) is 0 Å². The van der Waals surface area contributed by atoms with Crippen molar-refractivity contribution < 1.29 is 0 Å². The molecule has 0 heterocycles. The van der Waals surface area contributed by atoms with Gasteiger partial charge in [-0.25, -0.2) is 0 Å². The lowest BCUT2D eigenvalue weighted by Crippen LogP contribution is -1.91. The maximum Gasteiger partial charge on any atom is -0.00990 e. The van der Waals surface area contributed by atoms with Gasteiger partial charge in [-0.1, -0.05) is 101 Å². The van der Waals surface area contributed by atoms with Crippen LogP contribution in [-0.4, -0.2) is 0 Å². The summed E-state index contributed by atoms with van der Waals surface area (Å²) in [5, 5.41) is 0. The van der Waals surface area contributed by atoms with Gasteiger partial charge in [-0.15, -0.1) is 0 Å². The smallest absolute Gasteiger partial charge is 0.00990 e. The minimum absolute atomic E-state index is 1.25. The highest BCUT2D eigenvalue weighted by Gasteiger charge is 2.11. The fourth-order valence-corrected chi connectivity index (χ4v) is 4.11. The predicted molar refractivity (Wildman–Crippen MR) is 122 cm³/mol. The second-order valence-electron chi connectivity index (χ2n) is 7.88. The van der Waals surface area contributed by atoms with Crippen molar-refractivity contribution in [2.24, 2.45) is 0 Å². The fraction of sp³-hybridized carbons (Fsp3) is 0.143. The van der Waals surface area contributed by atoms with Crippen LogP contribution in [0.15, 0.2) is 84.9 Å². The van der Waals surface area contributed by atoms with E-state index in [9.17, 15) is 0 Å². The zero-order chi connectivity index (χ0) is 19.7. The molecule has 0 aliphatic heterocycles. The van der Waals surface area contributed by atoms with Crippen LogP contribution in [0.5, 0.6) is 0 Å². The van der Waals surface area contributed by atoms with Crippen LogP contribution in [-0.2, 0) is 0 Å². The molecule has 0 N–H and O–H groups in total. The summed E-state index contributed by atoms with van der Waals surface area (Å²) in [6.45, 7) is 8.69. The molecule has 0 amide bonds. The van der Waals surface area contributed by atoms with Crippen molar-refractivity contribution >= 4 is 0 Å². The topological polar surface area (TPSA) is 0 Å². The molecule has 4 rings (SSSR count). The third-order valence-corrected chi connectivity index (χ3v) is 5.19. The van der Waals surface area contributed by atoms with E-state index in [1.165, 1.54) is 55.6 Å². The molecule has 0 radical (unpaired) electrons. The van der Waals surface area contributed by atoms with E-state index in [-0.39, 0.29) is 0 Å². The highest BCUT2D eigenvalue weighted by atomic mass is 14.2. The standard InChI is InChI=1S/C28H26/c1-19-12-20(2)15-25(14-19)27-11-10-24(23-8-6-5-7-9-23)18-28(27)26-16-21(3)13-22(4)17-26/h5-18H,1-4H3. The fourth-order valence-electron chi connectivity index (χ4n) is 4.11. The summed E-state index contributed by atoms with van der Waals surface area (Å²) in [5.74, 6) is 0. The maximum atomic E-state index is 2.34. The molecule has 0 nitrogen and oxygen atoms in total. The Kier molecular flexibility index (Phi) is 4.88. The number of hydrogen-bond donors (Lipinski definition) is 0. The zero-order valence-corrected chi connectivity index (χ0v) is 17.1. The first-order chi connectivity index (χ1) is 13.5. The van der Waals surface area contributed by atoms with Gasteiger partial charge in [-0.2, -0.15) is 0 Å². The highest BCUT2D eigenvalue weighted by molar-refractivity contribution is 5.87. The summed E-state index contributed by atoms with van der Waals surface area (Å²) < 4.78 is 0. The van der Waals surface area contributed by atoms with Crippen LogP contribution in [0.2, 0.25) is 0 Å². The SMILES string of the molecule is Cc1cc(C)cc(-c2ccc(-c3ccccc3)cc2-c2cc(C)cc(C)c2)c1. The molecule has 0 aromatic heterocycles. The van der Waals surface area contributed by atoms with Gasteiger partial charge in [0.2, 0.25) is 0 Å². The summed E-state index contributed by atoms with van der Waals surface area (Å²) in [5.41, 5.74) is 12.8. The quantitative estimate of drug-likeness (QED) is 0.347. The van der Waals surface area contributed by atoms with E-state index < -0.39 is 0 Å². The Balaban J connectivity index is 1.97. The highest BCUT2D eigenvalue weighted by Crippen LogP contribution is 2.37. The van der Waals surface area contributed by atoms with E-state index in [0.29, 0.717) is 0 Å².